The number of carbonyl (C=O) groups is 1. The third-order valence-corrected chi connectivity index (χ3v) is 2.69. The van der Waals surface area contributed by atoms with Crippen LogP contribution >= 0.6 is 0 Å². The van der Waals surface area contributed by atoms with Gasteiger partial charge in [-0.25, -0.2) is 4.39 Å². The van der Waals surface area contributed by atoms with Gasteiger partial charge in [-0.3, -0.25) is 9.78 Å². The molecule has 0 atom stereocenters. The summed E-state index contributed by atoms with van der Waals surface area (Å²) in [5, 5.41) is 0. The van der Waals surface area contributed by atoms with Gasteiger partial charge in [0.2, 0.25) is 0 Å². The van der Waals surface area contributed by atoms with Crippen LogP contribution < -0.4 is 4.74 Å². The number of pyridine rings is 1. The van der Waals surface area contributed by atoms with Gasteiger partial charge in [0.15, 0.2) is 5.78 Å². The van der Waals surface area contributed by atoms with E-state index in [0.717, 1.165) is 5.56 Å². The third kappa shape index (κ3) is 2.22. The van der Waals surface area contributed by atoms with Gasteiger partial charge in [0.05, 0.1) is 12.7 Å². The number of aromatic nitrogens is 1. The van der Waals surface area contributed by atoms with E-state index in [2.05, 4.69) is 4.98 Å². The quantitative estimate of drug-likeness (QED) is 0.780. The summed E-state index contributed by atoms with van der Waals surface area (Å²) in [6.07, 6.45) is 3.09. The first-order valence-electron chi connectivity index (χ1n) is 5.42. The van der Waals surface area contributed by atoms with Crippen molar-refractivity contribution < 1.29 is 13.9 Å². The maximum absolute atomic E-state index is 13.8. The highest BCUT2D eigenvalue weighted by molar-refractivity contribution is 6.10. The monoisotopic (exact) mass is 245 g/mol. The lowest BCUT2D eigenvalue weighted by molar-refractivity contribution is 0.103. The van der Waals surface area contributed by atoms with Crippen molar-refractivity contribution in [2.45, 2.75) is 6.92 Å². The Morgan fingerprint density at radius 2 is 2.06 bits per heavy atom. The average Bonchev–Trinajstić information content (AvgIpc) is 2.38. The molecule has 0 fully saturated rings. The molecule has 0 aliphatic rings. The molecule has 4 heteroatoms. The van der Waals surface area contributed by atoms with Gasteiger partial charge in [0.1, 0.15) is 11.6 Å². The van der Waals surface area contributed by atoms with E-state index in [1.807, 2.05) is 0 Å². The first kappa shape index (κ1) is 12.2. The van der Waals surface area contributed by atoms with Gasteiger partial charge < -0.3 is 4.74 Å². The Bertz CT molecular complexity index is 596. The summed E-state index contributed by atoms with van der Waals surface area (Å²) >= 11 is 0. The Morgan fingerprint density at radius 1 is 1.28 bits per heavy atom. The Labute approximate surface area is 104 Å². The smallest absolute Gasteiger partial charge is 0.196 e. The molecule has 0 aliphatic carbocycles. The van der Waals surface area contributed by atoms with Crippen LogP contribution in [0.5, 0.6) is 5.75 Å². The van der Waals surface area contributed by atoms with Gasteiger partial charge in [0, 0.05) is 24.0 Å². The van der Waals surface area contributed by atoms with Crippen LogP contribution in [0, 0.1) is 12.7 Å². The molecule has 92 valence electrons. The fourth-order valence-electron chi connectivity index (χ4n) is 1.68. The van der Waals surface area contributed by atoms with Gasteiger partial charge in [-0.1, -0.05) is 0 Å². The number of halogens is 1. The first-order chi connectivity index (χ1) is 8.63. The minimum Gasteiger partial charge on any atom is -0.497 e. The summed E-state index contributed by atoms with van der Waals surface area (Å²) in [5.41, 5.74) is 1.21. The van der Waals surface area contributed by atoms with E-state index in [1.54, 1.807) is 25.3 Å². The highest BCUT2D eigenvalue weighted by Gasteiger charge is 2.16. The predicted octanol–water partition coefficient (Wildman–Crippen LogP) is 2.77. The molecule has 18 heavy (non-hydrogen) atoms. The van der Waals surface area contributed by atoms with Crippen molar-refractivity contribution in [3.05, 3.63) is 59.2 Å². The minimum absolute atomic E-state index is 0.0325. The Hall–Kier alpha value is -2.23. The van der Waals surface area contributed by atoms with Crippen molar-refractivity contribution in [3.8, 4) is 5.75 Å². The topological polar surface area (TPSA) is 39.2 Å². The highest BCUT2D eigenvalue weighted by atomic mass is 19.1. The van der Waals surface area contributed by atoms with Crippen LogP contribution in [-0.2, 0) is 0 Å². The Morgan fingerprint density at radius 3 is 2.67 bits per heavy atom. The van der Waals surface area contributed by atoms with Gasteiger partial charge in [-0.2, -0.15) is 0 Å². The van der Waals surface area contributed by atoms with Crippen LogP contribution in [0.1, 0.15) is 21.5 Å². The number of methoxy groups -OCH3 is 1. The molecule has 2 aromatic rings. The molecular formula is C14H12FNO2. The standard InChI is InChI=1S/C14H12FNO2/c1-9-8-16-6-5-11(9)14(17)12-4-3-10(18-2)7-13(12)15/h3-8H,1-2H3. The molecule has 1 aromatic carbocycles. The van der Waals surface area contributed by atoms with Crippen LogP contribution in [0.25, 0.3) is 0 Å². The number of hydrogen-bond donors (Lipinski definition) is 0. The summed E-state index contributed by atoms with van der Waals surface area (Å²) in [7, 11) is 1.45. The summed E-state index contributed by atoms with van der Waals surface area (Å²) in [4.78, 5) is 16.1. The number of nitrogens with zero attached hydrogens (tertiary/aromatic N) is 1. The molecular weight excluding hydrogens is 233 g/mol. The van der Waals surface area contributed by atoms with Crippen LogP contribution in [0.15, 0.2) is 36.7 Å². The number of hydrogen-bond acceptors (Lipinski definition) is 3. The maximum Gasteiger partial charge on any atom is 0.196 e. The van der Waals surface area contributed by atoms with Gasteiger partial charge >= 0.3 is 0 Å². The van der Waals surface area contributed by atoms with Gasteiger partial charge in [0.25, 0.3) is 0 Å². The molecule has 2 rings (SSSR count). The van der Waals surface area contributed by atoms with E-state index in [1.165, 1.54) is 25.4 Å². The molecule has 0 amide bonds. The summed E-state index contributed by atoms with van der Waals surface area (Å²) in [6.45, 7) is 1.77. The van der Waals surface area contributed by atoms with Crippen LogP contribution in [0.3, 0.4) is 0 Å². The first-order valence-corrected chi connectivity index (χ1v) is 5.42. The second-order valence-corrected chi connectivity index (χ2v) is 3.87. The molecule has 0 N–H and O–H groups in total. The molecule has 0 saturated carbocycles. The van der Waals surface area contributed by atoms with Crippen LogP contribution in [-0.4, -0.2) is 17.9 Å². The largest absolute Gasteiger partial charge is 0.497 e. The zero-order valence-electron chi connectivity index (χ0n) is 10.1. The fourth-order valence-corrected chi connectivity index (χ4v) is 1.68. The predicted molar refractivity (Wildman–Crippen MR) is 65.4 cm³/mol. The molecule has 0 radical (unpaired) electrons. The van der Waals surface area contributed by atoms with Gasteiger partial charge in [-0.05, 0) is 30.7 Å². The van der Waals surface area contributed by atoms with E-state index in [-0.39, 0.29) is 11.3 Å². The molecule has 0 bridgehead atoms. The molecule has 0 spiro atoms. The van der Waals surface area contributed by atoms with Crippen molar-refractivity contribution in [1.82, 2.24) is 4.98 Å². The van der Waals surface area contributed by atoms with Crippen LogP contribution in [0.4, 0.5) is 4.39 Å². The zero-order chi connectivity index (χ0) is 13.1. The lowest BCUT2D eigenvalue weighted by Gasteiger charge is -2.06. The number of benzene rings is 1. The van der Waals surface area contributed by atoms with Crippen molar-refractivity contribution in [2.24, 2.45) is 0 Å². The second kappa shape index (κ2) is 4.96. The summed E-state index contributed by atoms with van der Waals surface area (Å²) < 4.78 is 18.7. The summed E-state index contributed by atoms with van der Waals surface area (Å²) in [5.74, 6) is -0.555. The number of aryl methyl sites for hydroxylation is 1. The van der Waals surface area contributed by atoms with Crippen molar-refractivity contribution in [2.75, 3.05) is 7.11 Å². The Kier molecular flexibility index (Phi) is 3.37. The third-order valence-electron chi connectivity index (χ3n) is 2.69. The van der Waals surface area contributed by atoms with Crippen LogP contribution in [0.2, 0.25) is 0 Å². The van der Waals surface area contributed by atoms with E-state index < -0.39 is 5.82 Å². The van der Waals surface area contributed by atoms with Crippen molar-refractivity contribution >= 4 is 5.78 Å². The molecule has 1 heterocycles. The maximum atomic E-state index is 13.8. The van der Waals surface area contributed by atoms with Crippen molar-refractivity contribution in [3.63, 3.8) is 0 Å². The summed E-state index contributed by atoms with van der Waals surface area (Å²) in [6, 6.07) is 5.77. The number of carbonyl (C=O) groups excluding carboxylic acids is 1. The lowest BCUT2D eigenvalue weighted by Crippen LogP contribution is -2.06. The SMILES string of the molecule is COc1ccc(C(=O)c2ccncc2C)c(F)c1. The average molecular weight is 245 g/mol. The number of ketones is 1. The van der Waals surface area contributed by atoms with E-state index >= 15 is 0 Å². The molecule has 3 nitrogen and oxygen atoms in total. The number of rotatable bonds is 3. The van der Waals surface area contributed by atoms with E-state index in [4.69, 9.17) is 4.74 Å². The zero-order valence-corrected chi connectivity index (χ0v) is 10.1. The second-order valence-electron chi connectivity index (χ2n) is 3.87. The lowest BCUT2D eigenvalue weighted by atomic mass is 10.0. The molecule has 0 saturated heterocycles. The van der Waals surface area contributed by atoms with Crippen molar-refractivity contribution in [1.29, 1.82) is 0 Å². The molecule has 1 aromatic heterocycles. The van der Waals surface area contributed by atoms with Gasteiger partial charge in [-0.15, -0.1) is 0 Å². The molecule has 0 unspecified atom stereocenters. The fraction of sp³-hybridized carbons (Fsp3) is 0.143. The van der Waals surface area contributed by atoms with E-state index in [0.29, 0.717) is 11.3 Å². The normalized spacial score (nSPS) is 10.2. The Balaban J connectivity index is 2.44. The number of ether oxygens (including phenoxy) is 1. The van der Waals surface area contributed by atoms with E-state index in [9.17, 15) is 9.18 Å². The molecule has 0 aliphatic heterocycles. The minimum atomic E-state index is -0.587. The highest BCUT2D eigenvalue weighted by Crippen LogP contribution is 2.20.